The van der Waals surface area contributed by atoms with E-state index in [2.05, 4.69) is 231 Å². The normalized spacial score (nSPS) is 9.93. The monoisotopic (exact) mass is 2710 g/mol. The van der Waals surface area contributed by atoms with E-state index < -0.39 is 55.2 Å². The topological polar surface area (TPSA) is 445 Å². The van der Waals surface area contributed by atoms with Crippen LogP contribution in [0.1, 0.15) is 167 Å². The molecule has 0 aliphatic rings. The fourth-order valence-electron chi connectivity index (χ4n) is 8.01. The molecule has 0 bridgehead atoms. The SMILES string of the molecule is C.C.C.C.C.C.C=CC(=O)CCC(C)NC(=O)C=C.C=CC(=O)CCCC(=O)C=C.C=CC(=O)CCCCCC(=O)C=C.C=CC(=O)CCCCOCCOCCOCCCCC(=O)C=C.C=CC(=O)CCCNC(=O)C=C.C=CC(=O)OCOCCOCC(COC(=C)OCOC(=O)C=C)OC(=C)OCOC(=O)C=C.C=CC(O)C(O)C=C.C=CCOCC(CO)(COCC=C)COCC=C.I.II.I[I-]I. The van der Waals surface area contributed by atoms with Crippen LogP contribution in [0.25, 0.3) is 0 Å². The second-order valence-electron chi connectivity index (χ2n) is 26.3. The number of halogens is 6. The zero-order chi connectivity index (χ0) is 106. The number of ketones is 8. The molecule has 0 aliphatic heterocycles. The van der Waals surface area contributed by atoms with Crippen LogP contribution in [0.5, 0.6) is 0 Å². The minimum atomic E-state index is -0.882. The third-order valence-electron chi connectivity index (χ3n) is 15.3. The summed E-state index contributed by atoms with van der Waals surface area (Å²) in [5.74, 6) is -2.42. The number of nitrogens with one attached hydrogen (secondary N) is 2. The zero-order valence-electron chi connectivity index (χ0n) is 79.5. The maximum atomic E-state index is 11.0. The van der Waals surface area contributed by atoms with Crippen molar-refractivity contribution < 1.29 is 162 Å². The number of aliphatic hydroxyl groups excluding tert-OH is 3. The van der Waals surface area contributed by atoms with Gasteiger partial charge in [-0.2, -0.15) is 0 Å². The van der Waals surface area contributed by atoms with Crippen LogP contribution in [0.4, 0.5) is 0 Å². The van der Waals surface area contributed by atoms with E-state index in [1.54, 1.807) is 18.2 Å². The number of rotatable bonds is 81. The summed E-state index contributed by atoms with van der Waals surface area (Å²) >= 11 is 9.54. The summed E-state index contributed by atoms with van der Waals surface area (Å²) in [4.78, 5) is 140. The minimum absolute atomic E-state index is 0. The molecule has 0 aromatic rings. The molecule has 2 amide bonds. The zero-order valence-corrected chi connectivity index (χ0v) is 92.6. The summed E-state index contributed by atoms with van der Waals surface area (Å²) < 4.78 is 77.5. The molecule has 143 heavy (non-hydrogen) atoms. The predicted molar refractivity (Wildman–Crippen MR) is 617 cm³/mol. The number of carbonyl (C=O) groups is 13. The van der Waals surface area contributed by atoms with Gasteiger partial charge in [-0.25, -0.2) is 14.4 Å². The molecule has 4 unspecified atom stereocenters. The molecule has 0 heterocycles. The maximum absolute atomic E-state index is 11.0. The Kier molecular flexibility index (Phi) is 172. The number of unbranched alkanes of at least 4 members (excludes halogenated alkanes) is 4. The van der Waals surface area contributed by atoms with Crippen molar-refractivity contribution in [3.8, 4) is 0 Å². The Morgan fingerprint density at radius 3 is 0.972 bits per heavy atom. The summed E-state index contributed by atoms with van der Waals surface area (Å²) in [7, 11) is 0. The van der Waals surface area contributed by atoms with Gasteiger partial charge in [0.15, 0.2) is 59.2 Å². The molecule has 4 atom stereocenters. The van der Waals surface area contributed by atoms with E-state index in [4.69, 9.17) is 67.1 Å². The van der Waals surface area contributed by atoms with E-state index in [0.29, 0.717) is 170 Å². The number of ether oxygens (including phenoxy) is 15. The fourth-order valence-corrected chi connectivity index (χ4v) is 8.01. The molecule has 5 N–H and O–H groups in total. The first-order valence-electron chi connectivity index (χ1n) is 42.2. The van der Waals surface area contributed by atoms with Crippen molar-refractivity contribution in [3.63, 3.8) is 0 Å². The van der Waals surface area contributed by atoms with Crippen LogP contribution >= 0.6 is 98.4 Å². The Balaban J connectivity index is -0.0000000863. The van der Waals surface area contributed by atoms with Gasteiger partial charge < -0.3 is 97.0 Å². The first-order chi connectivity index (χ1) is 65.1. The molecule has 0 aromatic heterocycles. The number of allylic oxidation sites excluding steroid dienone is 8. The van der Waals surface area contributed by atoms with Gasteiger partial charge in [0, 0.05) is 133 Å². The van der Waals surface area contributed by atoms with Gasteiger partial charge in [-0.15, -0.1) is 56.9 Å². The van der Waals surface area contributed by atoms with E-state index >= 15 is 0 Å². The van der Waals surface area contributed by atoms with Crippen LogP contribution in [-0.2, 0) is 133 Å². The molecule has 0 aliphatic carbocycles. The van der Waals surface area contributed by atoms with Crippen molar-refractivity contribution in [1.29, 1.82) is 0 Å². The Labute approximate surface area is 927 Å². The quantitative estimate of drug-likeness (QED) is 0.00552. The van der Waals surface area contributed by atoms with Crippen LogP contribution in [0, 0.1) is 5.41 Å². The standard InChI is InChI=1S/C21H28O12.C18H30O5.C14H24O4.C11H16O2.C10H15NO2.C9H13NO2.C9H12O2.C6H10O2.6CH4.I3.I2.HI/c1-6-19(22)30-13-26-10-9-25-11-18(33-17(5)29-15-32-21(24)8-3)12-27-16(4)28-14-31-20(23)7-2;1-3-17(19)9-5-7-11-21-13-15-23-16-14-22-12-8-6-10-18(20)4-2;1-4-7-16-11-14(10-15,12-17-8-5-2)13-18-9-6-3;1-3-10(12)8-6-5-7-9-11(13)4-2;1-4-9(12)7-6-8(3)11-10(13)5-2;1-3-8(11)6-5-7-10-9(12)4-2;1-3-8(10)6-5-7-9(11)4-2;1-3-5(7)6(8)4-2;;;;;;;1-3-2;1-2;/h6-8,18H,1-5,9-15H2;3-4H,1-2,5-16H2;4-6,15H,1-3,7-13H2;3-4H,1-2,5-9H2;4-5,8H,1-2,6-7H2,3H3,(H,11,13);3-4H,1-2,5-7H2,(H,10,12);3-4H,1-2,5-7H2;3-8H,1-2H2;6*1H4;;;1H/q;;;;;;;;;;;;;;-1;;. The molecule has 0 saturated carbocycles. The summed E-state index contributed by atoms with van der Waals surface area (Å²) in [6, 6.07) is -0.00519. The number of amides is 2. The number of carbonyl (C=O) groups excluding carboxylic acids is 13. The van der Waals surface area contributed by atoms with Gasteiger partial charge in [-0.05, 0) is 139 Å². The molecule has 0 radical (unpaired) electrons. The van der Waals surface area contributed by atoms with Crippen molar-refractivity contribution in [3.05, 3.63) is 253 Å². The Hall–Kier alpha value is -7.35. The Morgan fingerprint density at radius 1 is 0.350 bits per heavy atom. The van der Waals surface area contributed by atoms with Crippen LogP contribution in [0.3, 0.4) is 0 Å². The fraction of sp³-hybridized carbons (Fsp3) is 0.490. The molecular formula is C104H173I6N2O31-. The van der Waals surface area contributed by atoms with Crippen molar-refractivity contribution in [2.24, 2.45) is 5.41 Å². The molecule has 33 nitrogen and oxygen atoms in total. The third-order valence-corrected chi connectivity index (χ3v) is 15.3. The van der Waals surface area contributed by atoms with E-state index in [1.165, 1.54) is 72.9 Å². The Morgan fingerprint density at radius 2 is 0.650 bits per heavy atom. The summed E-state index contributed by atoms with van der Waals surface area (Å²) in [5.41, 5.74) is -0.560. The molecule has 0 fully saturated rings. The third kappa shape index (κ3) is 148. The van der Waals surface area contributed by atoms with Crippen LogP contribution in [0.15, 0.2) is 253 Å². The van der Waals surface area contributed by atoms with Crippen molar-refractivity contribution in [1.82, 2.24) is 10.6 Å². The van der Waals surface area contributed by atoms with E-state index in [9.17, 15) is 67.4 Å². The van der Waals surface area contributed by atoms with Crippen LogP contribution in [0.2, 0.25) is 0 Å². The second-order valence-corrected chi connectivity index (χ2v) is 42.5. The van der Waals surface area contributed by atoms with Crippen molar-refractivity contribution in [2.45, 2.75) is 191 Å². The number of esters is 3. The molecule has 0 aromatic carbocycles. The van der Waals surface area contributed by atoms with Crippen molar-refractivity contribution in [2.75, 3.05) is 139 Å². The van der Waals surface area contributed by atoms with Gasteiger partial charge in [0.25, 0.3) is 11.9 Å². The Bertz CT molecular complexity index is 3320. The molecule has 828 valence electrons. The number of hydrogen-bond donors (Lipinski definition) is 5. The van der Waals surface area contributed by atoms with E-state index in [-0.39, 0.29) is 184 Å². The molecule has 0 spiro atoms. The van der Waals surface area contributed by atoms with Gasteiger partial charge >= 0.3 is 68.4 Å². The van der Waals surface area contributed by atoms with Gasteiger partial charge in [0.2, 0.25) is 25.4 Å². The van der Waals surface area contributed by atoms with Crippen molar-refractivity contribution >= 4 is 174 Å². The first-order valence-corrected chi connectivity index (χ1v) is 61.0. The van der Waals surface area contributed by atoms with Gasteiger partial charge in [-0.1, -0.05) is 167 Å². The summed E-state index contributed by atoms with van der Waals surface area (Å²) in [5, 5.41) is 32.2. The average molecular weight is 2710 g/mol. The predicted octanol–water partition coefficient (Wildman–Crippen LogP) is 17.1. The molecule has 0 saturated heterocycles. The number of aliphatic hydroxyl groups is 3. The van der Waals surface area contributed by atoms with Gasteiger partial charge in [0.1, 0.15) is 18.8 Å². The summed E-state index contributed by atoms with van der Waals surface area (Å²) in [6.45, 7) is 74.8. The first kappa shape index (κ1) is 175. The summed E-state index contributed by atoms with van der Waals surface area (Å²) in [6.07, 6.45) is 32.6. The van der Waals surface area contributed by atoms with Gasteiger partial charge in [-0.3, -0.25) is 47.9 Å². The van der Waals surface area contributed by atoms with Gasteiger partial charge in [0.05, 0.1) is 97.9 Å². The average Bonchev–Trinajstić information content (AvgIpc) is 0.876. The second kappa shape index (κ2) is 141. The molecule has 0 rings (SSSR count). The van der Waals surface area contributed by atoms with E-state index in [1.807, 2.05) is 6.92 Å². The van der Waals surface area contributed by atoms with Crippen LogP contribution in [-0.4, -0.2) is 255 Å². The number of hydrogen-bond acceptors (Lipinski definition) is 31. The van der Waals surface area contributed by atoms with Crippen LogP contribution < -0.4 is 23.9 Å². The molecular weight excluding hydrogens is 2530 g/mol. The molecule has 39 heteroatoms. The van der Waals surface area contributed by atoms with E-state index in [0.717, 1.165) is 63.2 Å².